The van der Waals surface area contributed by atoms with Crippen LogP contribution in [0.2, 0.25) is 0 Å². The van der Waals surface area contributed by atoms with Crippen molar-refractivity contribution in [1.82, 2.24) is 0 Å². The van der Waals surface area contributed by atoms with Gasteiger partial charge in [-0.15, -0.1) is 0 Å². The first-order valence-corrected chi connectivity index (χ1v) is 9.85. The summed E-state index contributed by atoms with van der Waals surface area (Å²) in [6.45, 7) is 2.62. The number of allylic oxidation sites excluding steroid dienone is 2. The summed E-state index contributed by atoms with van der Waals surface area (Å²) in [7, 11) is 0. The number of ketones is 2. The summed E-state index contributed by atoms with van der Waals surface area (Å²) in [5.74, 6) is -1.80. The van der Waals surface area contributed by atoms with Gasteiger partial charge in [-0.3, -0.25) is 29.0 Å². The number of carbonyl (C=O) groups excluding carboxylic acids is 4. The van der Waals surface area contributed by atoms with Gasteiger partial charge in [0.15, 0.2) is 0 Å². The van der Waals surface area contributed by atoms with Gasteiger partial charge in [0.2, 0.25) is 23.4 Å². The normalized spacial score (nSPS) is 17.9. The molecule has 2 aromatic rings. The molecule has 0 unspecified atom stereocenters. The molecule has 2 aliphatic rings. The molecule has 0 aromatic heterocycles. The Morgan fingerprint density at radius 1 is 0.714 bits per heavy atom. The highest BCUT2D eigenvalue weighted by Gasteiger charge is 2.45. The van der Waals surface area contributed by atoms with Crippen molar-refractivity contribution in [2.45, 2.75) is 13.8 Å². The standard InChI is InChI=1S/C20H12Br2N2O4/c1-9(25)23-15-7-11(21)3-5-13(15)19(27)17(23)18-20(28)14-6-4-12(22)8-16(14)24(18)10(2)26/h3-8H,1-2H3/b18-17+. The van der Waals surface area contributed by atoms with Crippen LogP contribution in [0.1, 0.15) is 34.6 Å². The lowest BCUT2D eigenvalue weighted by molar-refractivity contribution is -0.117. The average molecular weight is 504 g/mol. The number of fused-ring (bicyclic) bond motifs is 2. The highest BCUT2D eigenvalue weighted by atomic mass is 79.9. The topological polar surface area (TPSA) is 74.8 Å². The number of anilines is 2. The number of rotatable bonds is 0. The van der Waals surface area contributed by atoms with E-state index in [1.165, 1.54) is 23.6 Å². The maximum absolute atomic E-state index is 13.2. The number of benzene rings is 2. The molecule has 0 saturated heterocycles. The zero-order chi connectivity index (χ0) is 20.3. The van der Waals surface area contributed by atoms with E-state index in [4.69, 9.17) is 0 Å². The van der Waals surface area contributed by atoms with Gasteiger partial charge in [0.25, 0.3) is 0 Å². The second kappa shape index (κ2) is 6.49. The summed E-state index contributed by atoms with van der Waals surface area (Å²) in [6, 6.07) is 9.84. The monoisotopic (exact) mass is 502 g/mol. The Morgan fingerprint density at radius 2 is 1.07 bits per heavy atom. The van der Waals surface area contributed by atoms with Crippen LogP contribution in [0.3, 0.4) is 0 Å². The molecule has 28 heavy (non-hydrogen) atoms. The fourth-order valence-electron chi connectivity index (χ4n) is 3.54. The Bertz CT molecular complexity index is 1060. The lowest BCUT2D eigenvalue weighted by Gasteiger charge is -2.22. The predicted octanol–water partition coefficient (Wildman–Crippen LogP) is 4.22. The van der Waals surface area contributed by atoms with Gasteiger partial charge < -0.3 is 0 Å². The third-order valence-corrected chi connectivity index (χ3v) is 5.61. The van der Waals surface area contributed by atoms with Crippen molar-refractivity contribution < 1.29 is 19.2 Å². The minimum Gasteiger partial charge on any atom is -0.287 e. The molecule has 0 fully saturated rings. The fraction of sp³-hybridized carbons (Fsp3) is 0.100. The minimum absolute atomic E-state index is 0.104. The first-order chi connectivity index (χ1) is 13.2. The quantitative estimate of drug-likeness (QED) is 0.504. The van der Waals surface area contributed by atoms with E-state index in [1.807, 2.05) is 0 Å². The molecule has 140 valence electrons. The second-order valence-corrected chi connectivity index (χ2v) is 8.22. The van der Waals surface area contributed by atoms with Crippen molar-refractivity contribution in [2.24, 2.45) is 0 Å². The molecule has 0 bridgehead atoms. The van der Waals surface area contributed by atoms with Gasteiger partial charge in [0.1, 0.15) is 11.4 Å². The van der Waals surface area contributed by atoms with Crippen LogP contribution in [0.15, 0.2) is 56.7 Å². The molecular formula is C20H12Br2N2O4. The molecule has 0 radical (unpaired) electrons. The van der Waals surface area contributed by atoms with E-state index in [2.05, 4.69) is 31.9 Å². The summed E-state index contributed by atoms with van der Waals surface area (Å²) >= 11 is 6.68. The van der Waals surface area contributed by atoms with Crippen LogP contribution >= 0.6 is 31.9 Å². The van der Waals surface area contributed by atoms with E-state index in [9.17, 15) is 19.2 Å². The Morgan fingerprint density at radius 3 is 1.39 bits per heavy atom. The molecular weight excluding hydrogens is 492 g/mol. The first kappa shape index (κ1) is 18.8. The molecule has 0 saturated carbocycles. The number of nitrogens with zero attached hydrogens (tertiary/aromatic N) is 2. The van der Waals surface area contributed by atoms with Gasteiger partial charge in [0.05, 0.1) is 11.4 Å². The summed E-state index contributed by atoms with van der Waals surface area (Å²) in [5, 5.41) is 0. The molecule has 2 aromatic carbocycles. The zero-order valence-corrected chi connectivity index (χ0v) is 17.9. The Balaban J connectivity index is 2.05. The Hall–Kier alpha value is -2.58. The van der Waals surface area contributed by atoms with Crippen molar-refractivity contribution in [1.29, 1.82) is 0 Å². The van der Waals surface area contributed by atoms with Crippen LogP contribution < -0.4 is 9.80 Å². The van der Waals surface area contributed by atoms with Gasteiger partial charge >= 0.3 is 0 Å². The van der Waals surface area contributed by atoms with E-state index in [0.717, 1.165) is 0 Å². The van der Waals surface area contributed by atoms with E-state index in [0.29, 0.717) is 31.4 Å². The molecule has 0 aliphatic carbocycles. The first-order valence-electron chi connectivity index (χ1n) is 8.26. The van der Waals surface area contributed by atoms with Gasteiger partial charge in [0, 0.05) is 33.9 Å². The molecule has 2 aliphatic heterocycles. The summed E-state index contributed by atoms with van der Waals surface area (Å²) in [4.78, 5) is 53.6. The average Bonchev–Trinajstić information content (AvgIpc) is 3.05. The Kier molecular flexibility index (Phi) is 4.35. The maximum Gasteiger partial charge on any atom is 0.228 e. The van der Waals surface area contributed by atoms with Crippen LogP contribution in [0.4, 0.5) is 11.4 Å². The lowest BCUT2D eigenvalue weighted by Crippen LogP contribution is -2.34. The number of hydrogen-bond donors (Lipinski definition) is 0. The summed E-state index contributed by atoms with van der Waals surface area (Å²) < 4.78 is 1.37. The second-order valence-electron chi connectivity index (χ2n) is 6.39. The number of halogens is 2. The van der Waals surface area contributed by atoms with Crippen molar-refractivity contribution in [3.05, 3.63) is 67.9 Å². The predicted molar refractivity (Wildman–Crippen MR) is 110 cm³/mol. The molecule has 0 atom stereocenters. The molecule has 2 amide bonds. The van der Waals surface area contributed by atoms with Crippen LogP contribution in [-0.4, -0.2) is 23.4 Å². The van der Waals surface area contributed by atoms with Crippen LogP contribution in [0.5, 0.6) is 0 Å². The number of carbonyl (C=O) groups is 4. The number of amides is 2. The molecule has 4 rings (SSSR count). The van der Waals surface area contributed by atoms with Gasteiger partial charge in [-0.1, -0.05) is 31.9 Å². The maximum atomic E-state index is 13.2. The van der Waals surface area contributed by atoms with Crippen molar-refractivity contribution in [3.8, 4) is 0 Å². The lowest BCUT2D eigenvalue weighted by atomic mass is 10.1. The summed E-state index contributed by atoms with van der Waals surface area (Å²) in [6.07, 6.45) is 0. The third kappa shape index (κ3) is 2.59. The van der Waals surface area contributed by atoms with Gasteiger partial charge in [-0.25, -0.2) is 0 Å². The van der Waals surface area contributed by atoms with Crippen LogP contribution in [0, 0.1) is 0 Å². The largest absolute Gasteiger partial charge is 0.287 e. The fourth-order valence-corrected chi connectivity index (χ4v) is 4.24. The highest BCUT2D eigenvalue weighted by molar-refractivity contribution is 9.10. The van der Waals surface area contributed by atoms with Gasteiger partial charge in [-0.05, 0) is 36.4 Å². The smallest absolute Gasteiger partial charge is 0.228 e. The number of hydrogen-bond acceptors (Lipinski definition) is 4. The molecule has 0 spiro atoms. The minimum atomic E-state index is -0.473. The Labute approximate surface area is 177 Å². The molecule has 2 heterocycles. The SMILES string of the molecule is CC(=O)N1/C(=C2\C(=O)c3ccc(Br)cc3N2C(C)=O)C(=O)c2ccc(Br)cc21. The van der Waals surface area contributed by atoms with Gasteiger partial charge in [-0.2, -0.15) is 0 Å². The number of Topliss-reactive ketones (excluding diaryl/α,β-unsaturated/α-hetero) is 2. The third-order valence-electron chi connectivity index (χ3n) is 4.62. The van der Waals surface area contributed by atoms with E-state index in [-0.39, 0.29) is 11.4 Å². The van der Waals surface area contributed by atoms with Crippen molar-refractivity contribution >= 4 is 66.6 Å². The van der Waals surface area contributed by atoms with Crippen LogP contribution in [0.25, 0.3) is 0 Å². The highest BCUT2D eigenvalue weighted by Crippen LogP contribution is 2.44. The molecule has 6 nitrogen and oxygen atoms in total. The van der Waals surface area contributed by atoms with Crippen molar-refractivity contribution in [2.75, 3.05) is 9.80 Å². The molecule has 8 heteroatoms. The summed E-state index contributed by atoms with van der Waals surface area (Å²) in [5.41, 5.74) is 1.15. The van der Waals surface area contributed by atoms with E-state index >= 15 is 0 Å². The van der Waals surface area contributed by atoms with E-state index < -0.39 is 23.4 Å². The van der Waals surface area contributed by atoms with Crippen molar-refractivity contribution in [3.63, 3.8) is 0 Å². The van der Waals surface area contributed by atoms with Crippen LogP contribution in [-0.2, 0) is 9.59 Å². The zero-order valence-electron chi connectivity index (χ0n) is 14.7. The molecule has 0 N–H and O–H groups in total. The van der Waals surface area contributed by atoms with E-state index in [1.54, 1.807) is 36.4 Å².